The van der Waals surface area contributed by atoms with Crippen molar-refractivity contribution in [1.82, 2.24) is 0 Å². The Kier molecular flexibility index (Phi) is 5.44. The van der Waals surface area contributed by atoms with Gasteiger partial charge in [0.1, 0.15) is 0 Å². The highest BCUT2D eigenvalue weighted by molar-refractivity contribution is 5.87. The average molecular weight is 263 g/mol. The largest absolute Gasteiger partial charge is 0.478 e. The third kappa shape index (κ3) is 4.60. The molecule has 0 aromatic heterocycles. The van der Waals surface area contributed by atoms with Gasteiger partial charge in [0.15, 0.2) is 0 Å². The quantitative estimate of drug-likeness (QED) is 0.614. The summed E-state index contributed by atoms with van der Waals surface area (Å²) in [5.41, 5.74) is 7.97. The second-order valence-corrected chi connectivity index (χ2v) is 3.79. The van der Waals surface area contributed by atoms with Crippen molar-refractivity contribution in [3.63, 3.8) is 0 Å². The summed E-state index contributed by atoms with van der Waals surface area (Å²) in [4.78, 5) is 10.3. The molecule has 0 heterocycles. The maximum absolute atomic E-state index is 10.3. The molecule has 0 spiro atoms. The van der Waals surface area contributed by atoms with Gasteiger partial charge in [-0.1, -0.05) is 11.8 Å². The van der Waals surface area contributed by atoms with E-state index in [2.05, 4.69) is 11.8 Å². The highest BCUT2D eigenvalue weighted by Gasteiger charge is 1.99. The molecule has 0 fully saturated rings. The van der Waals surface area contributed by atoms with Crippen LogP contribution in [-0.4, -0.2) is 11.1 Å². The minimum absolute atomic E-state index is 0.254. The molecule has 3 nitrogen and oxygen atoms in total. The van der Waals surface area contributed by atoms with E-state index in [0.717, 1.165) is 11.3 Å². The molecule has 0 unspecified atom stereocenters. The first kappa shape index (κ1) is 14.9. The zero-order chi connectivity index (χ0) is 15.0. The number of rotatable bonds is 1. The molecule has 0 aliphatic heterocycles. The molecule has 20 heavy (non-hydrogen) atoms. The van der Waals surface area contributed by atoms with E-state index in [0.29, 0.717) is 5.56 Å². The van der Waals surface area contributed by atoms with E-state index in [-0.39, 0.29) is 5.56 Å². The topological polar surface area (TPSA) is 63.3 Å². The van der Waals surface area contributed by atoms with E-state index in [9.17, 15) is 4.79 Å². The molecule has 0 atom stereocenters. The first-order valence-electron chi connectivity index (χ1n) is 5.69. The molecule has 0 saturated carbocycles. The number of anilines is 1. The molecule has 3 heteroatoms. The lowest BCUT2D eigenvalue weighted by Gasteiger charge is -1.92. The third-order valence-electron chi connectivity index (χ3n) is 2.38. The Labute approximate surface area is 118 Å². The Morgan fingerprint density at radius 2 is 1.30 bits per heavy atom. The number of terminal acetylenes is 2. The Morgan fingerprint density at radius 1 is 0.900 bits per heavy atom. The normalized spacial score (nSPS) is 8.50. The van der Waals surface area contributed by atoms with Crippen LogP contribution < -0.4 is 5.73 Å². The third-order valence-corrected chi connectivity index (χ3v) is 2.38. The van der Waals surface area contributed by atoms with E-state index in [4.69, 9.17) is 23.7 Å². The first-order chi connectivity index (χ1) is 9.56. The van der Waals surface area contributed by atoms with Crippen molar-refractivity contribution in [3.05, 3.63) is 65.2 Å². The van der Waals surface area contributed by atoms with Gasteiger partial charge in [-0.05, 0) is 48.5 Å². The second kappa shape index (κ2) is 7.31. The molecular weight excluding hydrogens is 250 g/mol. The summed E-state index contributed by atoms with van der Waals surface area (Å²) in [6.07, 6.45) is 10.2. The molecule has 0 radical (unpaired) electrons. The molecular formula is C17H13NO2. The monoisotopic (exact) mass is 263 g/mol. The number of benzene rings is 2. The number of carbonyl (C=O) groups is 1. The smallest absolute Gasteiger partial charge is 0.335 e. The van der Waals surface area contributed by atoms with Crippen LogP contribution in [0.5, 0.6) is 0 Å². The number of hydrogen-bond acceptors (Lipinski definition) is 2. The minimum Gasteiger partial charge on any atom is -0.478 e. The Balaban J connectivity index is 0.000000204. The fourth-order valence-electron chi connectivity index (χ4n) is 1.29. The molecule has 98 valence electrons. The van der Waals surface area contributed by atoms with Crippen molar-refractivity contribution < 1.29 is 9.90 Å². The molecule has 0 bridgehead atoms. The SMILES string of the molecule is C#Cc1ccc(C(=O)O)cc1.C#Cc1ccc(N)cc1. The van der Waals surface area contributed by atoms with Crippen LogP contribution in [0.3, 0.4) is 0 Å². The predicted octanol–water partition coefficient (Wildman–Crippen LogP) is 2.62. The molecule has 0 aliphatic carbocycles. The van der Waals surface area contributed by atoms with Gasteiger partial charge >= 0.3 is 5.97 Å². The van der Waals surface area contributed by atoms with Gasteiger partial charge in [-0.3, -0.25) is 0 Å². The van der Waals surface area contributed by atoms with Gasteiger partial charge in [0.05, 0.1) is 5.56 Å². The fraction of sp³-hybridized carbons (Fsp3) is 0. The van der Waals surface area contributed by atoms with Gasteiger partial charge in [0.2, 0.25) is 0 Å². The molecule has 0 saturated heterocycles. The van der Waals surface area contributed by atoms with Crippen molar-refractivity contribution in [2.75, 3.05) is 5.73 Å². The number of carboxylic acids is 1. The first-order valence-corrected chi connectivity index (χ1v) is 5.69. The van der Waals surface area contributed by atoms with Crippen molar-refractivity contribution >= 4 is 11.7 Å². The van der Waals surface area contributed by atoms with Gasteiger partial charge in [-0.15, -0.1) is 12.8 Å². The van der Waals surface area contributed by atoms with Crippen LogP contribution >= 0.6 is 0 Å². The summed E-state index contributed by atoms with van der Waals surface area (Å²) in [5, 5.41) is 8.50. The van der Waals surface area contributed by atoms with Crippen LogP contribution in [0.2, 0.25) is 0 Å². The summed E-state index contributed by atoms with van der Waals surface area (Å²) < 4.78 is 0. The van der Waals surface area contributed by atoms with Crippen molar-refractivity contribution in [2.24, 2.45) is 0 Å². The van der Waals surface area contributed by atoms with Crippen LogP contribution in [0.15, 0.2) is 48.5 Å². The van der Waals surface area contributed by atoms with Crippen molar-refractivity contribution in [2.45, 2.75) is 0 Å². The van der Waals surface area contributed by atoms with Gasteiger partial charge in [0, 0.05) is 16.8 Å². The average Bonchev–Trinajstić information content (AvgIpc) is 2.49. The van der Waals surface area contributed by atoms with Crippen LogP contribution in [0.25, 0.3) is 0 Å². The van der Waals surface area contributed by atoms with Crippen molar-refractivity contribution in [3.8, 4) is 24.7 Å². The van der Waals surface area contributed by atoms with E-state index < -0.39 is 5.97 Å². The van der Waals surface area contributed by atoms with Crippen LogP contribution in [0.1, 0.15) is 21.5 Å². The zero-order valence-electron chi connectivity index (χ0n) is 10.7. The molecule has 0 amide bonds. The maximum Gasteiger partial charge on any atom is 0.335 e. The summed E-state index contributed by atoms with van der Waals surface area (Å²) in [6.45, 7) is 0. The summed E-state index contributed by atoms with van der Waals surface area (Å²) in [6, 6.07) is 13.4. The van der Waals surface area contributed by atoms with Crippen LogP contribution in [0, 0.1) is 24.7 Å². The number of carboxylic acid groups (broad SMARTS) is 1. The lowest BCUT2D eigenvalue weighted by atomic mass is 10.1. The summed E-state index contributed by atoms with van der Waals surface area (Å²) >= 11 is 0. The summed E-state index contributed by atoms with van der Waals surface area (Å²) in [7, 11) is 0. The minimum atomic E-state index is -0.937. The highest BCUT2D eigenvalue weighted by atomic mass is 16.4. The Morgan fingerprint density at radius 3 is 1.65 bits per heavy atom. The Bertz CT molecular complexity index is 656. The van der Waals surface area contributed by atoms with Crippen molar-refractivity contribution in [1.29, 1.82) is 0 Å². The molecule has 3 N–H and O–H groups in total. The van der Waals surface area contributed by atoms with Crippen LogP contribution in [-0.2, 0) is 0 Å². The Hall–Kier alpha value is -3.17. The number of aromatic carboxylic acids is 1. The van der Waals surface area contributed by atoms with E-state index in [1.165, 1.54) is 12.1 Å². The van der Waals surface area contributed by atoms with E-state index >= 15 is 0 Å². The maximum atomic E-state index is 10.3. The van der Waals surface area contributed by atoms with Gasteiger partial charge < -0.3 is 10.8 Å². The second-order valence-electron chi connectivity index (χ2n) is 3.79. The van der Waals surface area contributed by atoms with Gasteiger partial charge in [-0.2, -0.15) is 0 Å². The molecule has 2 aromatic carbocycles. The lowest BCUT2D eigenvalue weighted by molar-refractivity contribution is 0.0697. The highest BCUT2D eigenvalue weighted by Crippen LogP contribution is 2.03. The number of nitrogens with two attached hydrogens (primary N) is 1. The van der Waals surface area contributed by atoms with E-state index in [1.807, 2.05) is 12.1 Å². The van der Waals surface area contributed by atoms with Crippen LogP contribution in [0.4, 0.5) is 5.69 Å². The molecule has 2 rings (SSSR count). The number of nitrogen functional groups attached to an aromatic ring is 1. The predicted molar refractivity (Wildman–Crippen MR) is 80.1 cm³/mol. The lowest BCUT2D eigenvalue weighted by Crippen LogP contribution is -1.94. The standard InChI is InChI=1S/C9H6O2.C8H7N/c1-2-7-3-5-8(6-4-7)9(10)11;1-2-7-3-5-8(9)6-4-7/h1,3-6H,(H,10,11);1,3-6H,9H2. The number of hydrogen-bond donors (Lipinski definition) is 2. The molecule has 0 aliphatic rings. The molecule has 2 aromatic rings. The fourth-order valence-corrected chi connectivity index (χ4v) is 1.29. The van der Waals surface area contributed by atoms with E-state index in [1.54, 1.807) is 24.3 Å². The zero-order valence-corrected chi connectivity index (χ0v) is 10.7. The van der Waals surface area contributed by atoms with Gasteiger partial charge in [0.25, 0.3) is 0 Å². The summed E-state index contributed by atoms with van der Waals surface area (Å²) in [5.74, 6) is 3.96. The van der Waals surface area contributed by atoms with Gasteiger partial charge in [-0.25, -0.2) is 4.79 Å².